The maximum absolute atomic E-state index is 11.5. The van der Waals surface area contributed by atoms with Crippen molar-refractivity contribution in [2.45, 2.75) is 198 Å². The molecule has 386 valence electrons. The van der Waals surface area contributed by atoms with E-state index in [0.29, 0.717) is 40.2 Å². The molecule has 0 saturated heterocycles. The molecule has 6 heteroatoms. The number of benzene rings is 1. The van der Waals surface area contributed by atoms with Gasteiger partial charge in [-0.05, 0) is 80.6 Å². The number of hydrogen-bond donors (Lipinski definition) is 0. The van der Waals surface area contributed by atoms with E-state index in [4.69, 9.17) is 4.74 Å². The number of hydrogen-bond acceptors (Lipinski definition) is 6. The minimum atomic E-state index is -0.391. The fourth-order valence-corrected chi connectivity index (χ4v) is 3.18. The zero-order chi connectivity index (χ0) is 55.6. The Morgan fingerprint density at radius 3 is 1.06 bits per heavy atom. The van der Waals surface area contributed by atoms with Gasteiger partial charge in [-0.2, -0.15) is 0 Å². The standard InChI is InChI=1S/C12H20O3.C10H14.2C8H14O.C7H12O.C7H14.C6H12.C3H6/c1-9(2)11(14)15-8-6-7-10(13)12(3,4)5;1-10(2,3)9-7-5-4-6-8-9;1-6(2)7(9)8(3,4)5;1-5-6-7(9)8(2,3)4;1-5-6(8)7(2,3)4;1-6(2)7(3,4)5;1-5-6(2,3)4;1-3-2/h1,6-8H2,2-5H3;4-8H,1-3H3;1H2,2-5H3;5-6H,1-4H3;5H,1H2,2-4H3;1H2,2-5H3;5H,1H2,2-4H3;3H,1H2,2H3/b;;;6-5+;;;;. The molecule has 0 aliphatic rings. The van der Waals surface area contributed by atoms with Crippen molar-refractivity contribution in [3.8, 4) is 0 Å². The van der Waals surface area contributed by atoms with Gasteiger partial charge in [0.25, 0.3) is 0 Å². The third kappa shape index (κ3) is 55.8. The molecule has 0 amide bonds. The Balaban J connectivity index is -0.000000126. The molecule has 1 rings (SSSR count). The molecule has 0 N–H and O–H groups in total. The second kappa shape index (κ2) is 36.6. The predicted octanol–water partition coefficient (Wildman–Crippen LogP) is 17.6. The molecule has 0 bridgehead atoms. The highest BCUT2D eigenvalue weighted by Crippen LogP contribution is 2.23. The van der Waals surface area contributed by atoms with Crippen molar-refractivity contribution in [1.29, 1.82) is 0 Å². The van der Waals surface area contributed by atoms with Crippen LogP contribution in [0.5, 0.6) is 0 Å². The average molecular weight is 936 g/mol. The number of esters is 1. The number of carbonyl (C=O) groups is 5. The summed E-state index contributed by atoms with van der Waals surface area (Å²) in [6.07, 6.45) is 9.46. The molecule has 0 atom stereocenters. The van der Waals surface area contributed by atoms with Gasteiger partial charge in [0.05, 0.1) is 6.61 Å². The van der Waals surface area contributed by atoms with E-state index in [9.17, 15) is 24.0 Å². The van der Waals surface area contributed by atoms with Gasteiger partial charge < -0.3 is 4.74 Å². The Hall–Kier alpha value is -4.45. The van der Waals surface area contributed by atoms with Crippen molar-refractivity contribution < 1.29 is 28.7 Å². The highest BCUT2D eigenvalue weighted by molar-refractivity contribution is 5.98. The second-order valence-electron chi connectivity index (χ2n) is 23.6. The topological polar surface area (TPSA) is 94.6 Å². The lowest BCUT2D eigenvalue weighted by atomic mass is 9.87. The Labute approximate surface area is 416 Å². The summed E-state index contributed by atoms with van der Waals surface area (Å²) in [6, 6.07) is 10.6. The lowest BCUT2D eigenvalue weighted by Gasteiger charge is -2.18. The summed E-state index contributed by atoms with van der Waals surface area (Å²) in [5, 5.41) is 0. The summed E-state index contributed by atoms with van der Waals surface area (Å²) in [5.74, 6) is 0.220. The fourth-order valence-electron chi connectivity index (χ4n) is 3.18. The maximum Gasteiger partial charge on any atom is 0.333 e. The minimum Gasteiger partial charge on any atom is -0.462 e. The van der Waals surface area contributed by atoms with Crippen LogP contribution >= 0.6 is 0 Å². The van der Waals surface area contributed by atoms with Crippen molar-refractivity contribution in [3.63, 3.8) is 0 Å². The van der Waals surface area contributed by atoms with Gasteiger partial charge in [0.15, 0.2) is 17.3 Å². The Morgan fingerprint density at radius 1 is 0.552 bits per heavy atom. The molecule has 0 unspecified atom stereocenters. The van der Waals surface area contributed by atoms with Crippen LogP contribution < -0.4 is 0 Å². The number of carbonyl (C=O) groups excluding carboxylic acids is 5. The first-order chi connectivity index (χ1) is 29.6. The quantitative estimate of drug-likeness (QED) is 0.112. The van der Waals surface area contributed by atoms with E-state index in [1.54, 1.807) is 32.1 Å². The Morgan fingerprint density at radius 2 is 0.910 bits per heavy atom. The summed E-state index contributed by atoms with van der Waals surface area (Å²) in [5.41, 5.74) is 3.54. The number of Topliss-reactive ketones (excluding diaryl/α,β-unsaturated/α-hetero) is 2. The lowest BCUT2D eigenvalue weighted by Crippen LogP contribution is -2.20. The predicted molar refractivity (Wildman–Crippen MR) is 298 cm³/mol. The summed E-state index contributed by atoms with van der Waals surface area (Å²) in [6.45, 7) is 72.9. The summed E-state index contributed by atoms with van der Waals surface area (Å²) in [7, 11) is 0. The smallest absolute Gasteiger partial charge is 0.333 e. The highest BCUT2D eigenvalue weighted by atomic mass is 16.5. The molecule has 0 aliphatic heterocycles. The van der Waals surface area contributed by atoms with Crippen LogP contribution in [-0.4, -0.2) is 35.7 Å². The number of ether oxygens (including phenoxy) is 1. The van der Waals surface area contributed by atoms with Crippen LogP contribution in [0.2, 0.25) is 0 Å². The third-order valence-electron chi connectivity index (χ3n) is 8.55. The van der Waals surface area contributed by atoms with Crippen molar-refractivity contribution in [1.82, 2.24) is 0 Å². The molecule has 0 spiro atoms. The summed E-state index contributed by atoms with van der Waals surface area (Å²) >= 11 is 0. The van der Waals surface area contributed by atoms with E-state index in [-0.39, 0.29) is 51.4 Å². The molecule has 6 nitrogen and oxygen atoms in total. The molecule has 0 heterocycles. The molecule has 1 aromatic rings. The fraction of sp³-hybridized carbons (Fsp3) is 0.590. The van der Waals surface area contributed by atoms with E-state index in [1.165, 1.54) is 17.2 Å². The van der Waals surface area contributed by atoms with E-state index in [2.05, 4.69) is 139 Å². The molecule has 0 radical (unpaired) electrons. The van der Waals surface area contributed by atoms with Gasteiger partial charge in [-0.1, -0.05) is 226 Å². The highest BCUT2D eigenvalue weighted by Gasteiger charge is 2.22. The van der Waals surface area contributed by atoms with Crippen LogP contribution in [0, 0.1) is 32.5 Å². The number of allylic oxidation sites excluding steroid dienone is 7. The first kappa shape index (κ1) is 76.8. The van der Waals surface area contributed by atoms with E-state index >= 15 is 0 Å². The number of ketones is 4. The van der Waals surface area contributed by atoms with Crippen LogP contribution in [-0.2, 0) is 34.1 Å². The van der Waals surface area contributed by atoms with Gasteiger partial charge in [0, 0.05) is 33.7 Å². The van der Waals surface area contributed by atoms with Crippen LogP contribution in [0.1, 0.15) is 198 Å². The van der Waals surface area contributed by atoms with E-state index < -0.39 is 5.97 Å². The Kier molecular flexibility index (Phi) is 41.9. The number of rotatable bonds is 8. The summed E-state index contributed by atoms with van der Waals surface area (Å²) < 4.78 is 4.88. The van der Waals surface area contributed by atoms with Gasteiger partial charge in [0.1, 0.15) is 5.78 Å². The molecule has 0 fully saturated rings. The van der Waals surface area contributed by atoms with E-state index in [1.807, 2.05) is 103 Å². The van der Waals surface area contributed by atoms with Crippen LogP contribution in [0.15, 0.2) is 117 Å². The largest absolute Gasteiger partial charge is 0.462 e. The van der Waals surface area contributed by atoms with Crippen LogP contribution in [0.25, 0.3) is 0 Å². The molecule has 67 heavy (non-hydrogen) atoms. The zero-order valence-electron chi connectivity index (χ0n) is 48.6. The molecular formula is C61H106O6. The second-order valence-corrected chi connectivity index (χ2v) is 23.6. The van der Waals surface area contributed by atoms with Crippen LogP contribution in [0.3, 0.4) is 0 Å². The third-order valence-corrected chi connectivity index (χ3v) is 8.55. The van der Waals surface area contributed by atoms with Gasteiger partial charge in [-0.15, -0.1) is 13.2 Å². The van der Waals surface area contributed by atoms with Crippen molar-refractivity contribution in [2.24, 2.45) is 32.5 Å². The minimum absolute atomic E-state index is 0.0949. The molecule has 0 saturated carbocycles. The van der Waals surface area contributed by atoms with Crippen molar-refractivity contribution >= 4 is 29.1 Å². The van der Waals surface area contributed by atoms with Gasteiger partial charge in [-0.25, -0.2) is 4.79 Å². The molecule has 0 aromatic heterocycles. The lowest BCUT2D eigenvalue weighted by molar-refractivity contribution is -0.139. The van der Waals surface area contributed by atoms with Crippen molar-refractivity contribution in [2.75, 3.05) is 6.61 Å². The average Bonchev–Trinajstić information content (AvgIpc) is 3.15. The Bertz CT molecular complexity index is 1660. The molecule has 1 aromatic carbocycles. The van der Waals surface area contributed by atoms with Crippen LogP contribution in [0.4, 0.5) is 0 Å². The molecular weight excluding hydrogens is 829 g/mol. The van der Waals surface area contributed by atoms with Gasteiger partial charge in [0.2, 0.25) is 0 Å². The SMILES string of the molecule is C/C=C/C(=O)C(C)(C)C.C=C(C)C(=O)C(C)(C)C.C=C(C)C(=O)OCCCC(=O)C(C)(C)C.C=C(C)C(C)(C)C.C=CC.C=CC(=O)C(C)(C)C.C=CC(C)(C)C.CC(C)(C)c1ccccc1. The van der Waals surface area contributed by atoms with Gasteiger partial charge in [-0.3, -0.25) is 19.2 Å². The first-order valence-electron chi connectivity index (χ1n) is 23.4. The maximum atomic E-state index is 11.5. The first-order valence-corrected chi connectivity index (χ1v) is 23.4. The van der Waals surface area contributed by atoms with E-state index in [0.717, 1.165) is 0 Å². The zero-order valence-corrected chi connectivity index (χ0v) is 48.6. The molecule has 0 aliphatic carbocycles. The van der Waals surface area contributed by atoms with Gasteiger partial charge >= 0.3 is 5.97 Å². The monoisotopic (exact) mass is 935 g/mol. The summed E-state index contributed by atoms with van der Waals surface area (Å²) in [4.78, 5) is 55.2. The van der Waals surface area contributed by atoms with Crippen molar-refractivity contribution in [3.05, 3.63) is 122 Å². The normalized spacial score (nSPS) is 11.0.